The highest BCUT2D eigenvalue weighted by molar-refractivity contribution is 7.80. The molecule has 0 aliphatic rings. The van der Waals surface area contributed by atoms with Crippen molar-refractivity contribution in [1.29, 1.82) is 0 Å². The number of rotatable bonds is 2. The lowest BCUT2D eigenvalue weighted by Gasteiger charge is -2.00. The first kappa shape index (κ1) is 8.45. The zero-order chi connectivity index (χ0) is 8.27. The van der Waals surface area contributed by atoms with Gasteiger partial charge in [-0.3, -0.25) is 9.27 Å². The number of pyridine rings is 1. The van der Waals surface area contributed by atoms with Crippen LogP contribution in [0.4, 0.5) is 5.69 Å². The van der Waals surface area contributed by atoms with Crippen LogP contribution in [-0.4, -0.2) is 13.7 Å². The van der Waals surface area contributed by atoms with Gasteiger partial charge in [-0.05, 0) is 12.1 Å². The van der Waals surface area contributed by atoms with Crippen molar-refractivity contribution in [2.24, 2.45) is 0 Å². The fourth-order valence-corrected chi connectivity index (χ4v) is 1.13. The van der Waals surface area contributed by atoms with Crippen LogP contribution in [0.25, 0.3) is 0 Å². The van der Waals surface area contributed by atoms with Crippen LogP contribution in [0, 0.1) is 0 Å². The summed E-state index contributed by atoms with van der Waals surface area (Å²) in [7, 11) is 0. The molecule has 0 aliphatic carbocycles. The molecule has 0 amide bonds. The van der Waals surface area contributed by atoms with E-state index in [0.29, 0.717) is 5.69 Å². The van der Waals surface area contributed by atoms with Crippen molar-refractivity contribution in [2.75, 3.05) is 4.72 Å². The molecule has 1 aromatic rings. The lowest BCUT2D eigenvalue weighted by molar-refractivity contribution is 0.570. The summed E-state index contributed by atoms with van der Waals surface area (Å²) in [4.78, 5) is 3.69. The number of anilines is 1. The van der Waals surface area contributed by atoms with Gasteiger partial charge in [0.25, 0.3) is 11.3 Å². The van der Waals surface area contributed by atoms with E-state index in [1.807, 2.05) is 0 Å². The number of nitrogens with zero attached hydrogens (tertiary/aromatic N) is 1. The van der Waals surface area contributed by atoms with Gasteiger partial charge in [0.15, 0.2) is 5.15 Å². The van der Waals surface area contributed by atoms with Crippen molar-refractivity contribution < 1.29 is 8.76 Å². The molecule has 60 valence electrons. The standard InChI is InChI=1S/C5H5ClN2O2S/c6-5-4(8-11(9)10)2-1-3-7-5/h1-3,8H,(H,9,10). The lowest BCUT2D eigenvalue weighted by atomic mass is 10.4. The van der Waals surface area contributed by atoms with E-state index >= 15 is 0 Å². The Labute approximate surface area is 71.0 Å². The van der Waals surface area contributed by atoms with Crippen LogP contribution < -0.4 is 4.72 Å². The van der Waals surface area contributed by atoms with E-state index in [1.165, 1.54) is 6.20 Å². The van der Waals surface area contributed by atoms with Crippen LogP contribution >= 0.6 is 11.6 Å². The second-order valence-electron chi connectivity index (χ2n) is 1.69. The second kappa shape index (κ2) is 3.66. The molecule has 0 saturated heterocycles. The van der Waals surface area contributed by atoms with Crippen LogP contribution in [0.2, 0.25) is 5.15 Å². The Morgan fingerprint density at radius 1 is 1.73 bits per heavy atom. The molecule has 0 saturated carbocycles. The average molecular weight is 193 g/mol. The van der Waals surface area contributed by atoms with Crippen LogP contribution in [0.5, 0.6) is 0 Å². The first-order valence-electron chi connectivity index (χ1n) is 2.68. The highest BCUT2D eigenvalue weighted by atomic mass is 35.5. The van der Waals surface area contributed by atoms with Crippen molar-refractivity contribution in [3.05, 3.63) is 23.5 Å². The Morgan fingerprint density at radius 3 is 3.00 bits per heavy atom. The van der Waals surface area contributed by atoms with Gasteiger partial charge in [-0.25, -0.2) is 9.19 Å². The molecular weight excluding hydrogens is 188 g/mol. The minimum atomic E-state index is -2.10. The van der Waals surface area contributed by atoms with Gasteiger partial charge in [-0.2, -0.15) is 0 Å². The second-order valence-corrected chi connectivity index (χ2v) is 2.75. The van der Waals surface area contributed by atoms with Gasteiger partial charge in [0.2, 0.25) is 0 Å². The van der Waals surface area contributed by atoms with E-state index < -0.39 is 11.3 Å². The molecule has 6 heteroatoms. The summed E-state index contributed by atoms with van der Waals surface area (Å²) in [6.07, 6.45) is 1.49. The van der Waals surface area contributed by atoms with Crippen LogP contribution in [0.15, 0.2) is 18.3 Å². The van der Waals surface area contributed by atoms with E-state index in [0.717, 1.165) is 0 Å². The molecule has 2 N–H and O–H groups in total. The zero-order valence-corrected chi connectivity index (χ0v) is 6.89. The van der Waals surface area contributed by atoms with Crippen molar-refractivity contribution in [1.82, 2.24) is 4.98 Å². The van der Waals surface area contributed by atoms with Gasteiger partial charge in [-0.15, -0.1) is 0 Å². The molecule has 0 bridgehead atoms. The smallest absolute Gasteiger partial charge is 0.259 e. The van der Waals surface area contributed by atoms with Gasteiger partial charge in [-0.1, -0.05) is 11.6 Å². The summed E-state index contributed by atoms with van der Waals surface area (Å²) < 4.78 is 20.8. The molecule has 0 fully saturated rings. The van der Waals surface area contributed by atoms with Crippen LogP contribution in [0.3, 0.4) is 0 Å². The molecule has 1 atom stereocenters. The Balaban J connectivity index is 2.86. The summed E-state index contributed by atoms with van der Waals surface area (Å²) in [6.45, 7) is 0. The van der Waals surface area contributed by atoms with E-state index in [2.05, 4.69) is 9.71 Å². The summed E-state index contributed by atoms with van der Waals surface area (Å²) in [5.41, 5.74) is 0.343. The quantitative estimate of drug-likeness (QED) is 0.548. The van der Waals surface area contributed by atoms with Gasteiger partial charge >= 0.3 is 0 Å². The van der Waals surface area contributed by atoms with Crippen molar-refractivity contribution in [2.45, 2.75) is 0 Å². The highest BCUT2D eigenvalue weighted by Gasteiger charge is 2.00. The van der Waals surface area contributed by atoms with Crippen molar-refractivity contribution >= 4 is 28.6 Å². The monoisotopic (exact) mass is 192 g/mol. The Bertz CT molecular complexity index is 281. The van der Waals surface area contributed by atoms with Gasteiger partial charge in [0, 0.05) is 6.20 Å². The summed E-state index contributed by atoms with van der Waals surface area (Å²) in [6, 6.07) is 3.17. The number of hydrogen-bond acceptors (Lipinski definition) is 2. The Hall–Kier alpha value is -0.650. The average Bonchev–Trinajstić information content (AvgIpc) is 1.93. The largest absolute Gasteiger partial charge is 0.289 e. The maximum atomic E-state index is 10.2. The minimum Gasteiger partial charge on any atom is -0.289 e. The van der Waals surface area contributed by atoms with Gasteiger partial charge in [0.1, 0.15) is 0 Å². The molecular formula is C5H5ClN2O2S. The molecule has 4 nitrogen and oxygen atoms in total. The van der Waals surface area contributed by atoms with Gasteiger partial charge in [0.05, 0.1) is 5.69 Å². The maximum absolute atomic E-state index is 10.2. The Morgan fingerprint density at radius 2 is 2.45 bits per heavy atom. The molecule has 1 rings (SSSR count). The predicted octanol–water partition coefficient (Wildman–Crippen LogP) is 1.28. The third-order valence-electron chi connectivity index (χ3n) is 0.956. The predicted molar refractivity (Wildman–Crippen MR) is 43.6 cm³/mol. The van der Waals surface area contributed by atoms with Gasteiger partial charge < -0.3 is 0 Å². The maximum Gasteiger partial charge on any atom is 0.259 e. The van der Waals surface area contributed by atoms with Crippen molar-refractivity contribution in [3.63, 3.8) is 0 Å². The van der Waals surface area contributed by atoms with Crippen LogP contribution in [0.1, 0.15) is 0 Å². The molecule has 11 heavy (non-hydrogen) atoms. The lowest BCUT2D eigenvalue weighted by Crippen LogP contribution is -2.02. The third-order valence-corrected chi connectivity index (χ3v) is 1.65. The Kier molecular flexibility index (Phi) is 2.81. The molecule has 0 radical (unpaired) electrons. The molecule has 0 aliphatic heterocycles. The normalized spacial score (nSPS) is 12.5. The zero-order valence-electron chi connectivity index (χ0n) is 5.32. The number of hydrogen-bond donors (Lipinski definition) is 2. The fourth-order valence-electron chi connectivity index (χ4n) is 0.556. The third kappa shape index (κ3) is 2.45. The first-order valence-corrected chi connectivity index (χ1v) is 4.16. The van der Waals surface area contributed by atoms with E-state index in [9.17, 15) is 4.21 Å². The number of aromatic nitrogens is 1. The summed E-state index contributed by atoms with van der Waals surface area (Å²) in [5.74, 6) is 0. The summed E-state index contributed by atoms with van der Waals surface area (Å²) >= 11 is 3.45. The van der Waals surface area contributed by atoms with Crippen molar-refractivity contribution in [3.8, 4) is 0 Å². The molecule has 1 heterocycles. The molecule has 1 unspecified atom stereocenters. The first-order chi connectivity index (χ1) is 5.20. The molecule has 1 aromatic heterocycles. The number of halogens is 1. The minimum absolute atomic E-state index is 0.176. The van der Waals surface area contributed by atoms with E-state index in [1.54, 1.807) is 12.1 Å². The molecule has 0 spiro atoms. The van der Waals surface area contributed by atoms with Crippen LogP contribution in [-0.2, 0) is 11.3 Å². The summed E-state index contributed by atoms with van der Waals surface area (Å²) in [5, 5.41) is 0.176. The SMILES string of the molecule is O=S(O)Nc1cccnc1Cl. The topological polar surface area (TPSA) is 62.2 Å². The molecule has 0 aromatic carbocycles. The fraction of sp³-hybridized carbons (Fsp3) is 0. The number of nitrogens with one attached hydrogen (secondary N) is 1. The van der Waals surface area contributed by atoms with E-state index in [-0.39, 0.29) is 5.15 Å². The van der Waals surface area contributed by atoms with E-state index in [4.69, 9.17) is 16.2 Å². The highest BCUT2D eigenvalue weighted by Crippen LogP contribution is 2.17.